The maximum atomic E-state index is 11.7. The van der Waals surface area contributed by atoms with Crippen LogP contribution in [0.5, 0.6) is 5.75 Å². The largest absolute Gasteiger partial charge is 0.497 e. The second-order valence-electron chi connectivity index (χ2n) is 4.32. The van der Waals surface area contributed by atoms with Crippen molar-refractivity contribution in [2.75, 3.05) is 19.0 Å². The number of rotatable bonds is 5. The lowest BCUT2D eigenvalue weighted by Crippen LogP contribution is -2.36. The van der Waals surface area contributed by atoms with E-state index in [0.29, 0.717) is 24.4 Å². The van der Waals surface area contributed by atoms with Gasteiger partial charge in [0.1, 0.15) is 5.75 Å². The molecule has 1 aromatic heterocycles. The third-order valence-corrected chi connectivity index (χ3v) is 2.83. The first-order valence-corrected chi connectivity index (χ1v) is 6.43. The molecule has 0 spiro atoms. The van der Waals surface area contributed by atoms with Crippen LogP contribution in [0.4, 0.5) is 5.69 Å². The van der Waals surface area contributed by atoms with Gasteiger partial charge < -0.3 is 19.8 Å². The molecule has 0 radical (unpaired) electrons. The van der Waals surface area contributed by atoms with E-state index in [0.717, 1.165) is 5.56 Å². The van der Waals surface area contributed by atoms with E-state index in [1.165, 1.54) is 0 Å². The third-order valence-electron chi connectivity index (χ3n) is 2.83. The van der Waals surface area contributed by atoms with E-state index in [9.17, 15) is 9.59 Å². The molecule has 21 heavy (non-hydrogen) atoms. The zero-order valence-electron chi connectivity index (χ0n) is 11.6. The minimum Gasteiger partial charge on any atom is -0.497 e. The first-order valence-electron chi connectivity index (χ1n) is 6.43. The molecule has 0 bridgehead atoms. The van der Waals surface area contributed by atoms with Crippen molar-refractivity contribution in [3.8, 4) is 5.75 Å². The van der Waals surface area contributed by atoms with E-state index < -0.39 is 11.8 Å². The summed E-state index contributed by atoms with van der Waals surface area (Å²) in [6.45, 7) is 0.369. The Balaban J connectivity index is 1.77. The second kappa shape index (κ2) is 7.14. The zero-order chi connectivity index (χ0) is 15.1. The smallest absolute Gasteiger partial charge is 0.313 e. The first kappa shape index (κ1) is 14.6. The Morgan fingerprint density at radius 1 is 1.14 bits per heavy atom. The van der Waals surface area contributed by atoms with E-state index in [1.807, 2.05) is 6.07 Å². The summed E-state index contributed by atoms with van der Waals surface area (Å²) in [5.74, 6) is -0.695. The predicted molar refractivity (Wildman–Crippen MR) is 77.0 cm³/mol. The van der Waals surface area contributed by atoms with Crippen LogP contribution in [0, 0.1) is 0 Å². The Hall–Kier alpha value is -2.76. The van der Waals surface area contributed by atoms with Crippen molar-refractivity contribution in [3.05, 3.63) is 48.4 Å². The number of hydrogen-bond acceptors (Lipinski definition) is 4. The summed E-state index contributed by atoms with van der Waals surface area (Å²) < 4.78 is 9.93. The van der Waals surface area contributed by atoms with Gasteiger partial charge in [0.25, 0.3) is 0 Å². The number of anilines is 1. The lowest BCUT2D eigenvalue weighted by Gasteiger charge is -2.06. The second-order valence-corrected chi connectivity index (χ2v) is 4.32. The van der Waals surface area contributed by atoms with Crippen LogP contribution in [0.1, 0.15) is 5.56 Å². The van der Waals surface area contributed by atoms with Gasteiger partial charge >= 0.3 is 11.8 Å². The molecule has 2 rings (SSSR count). The van der Waals surface area contributed by atoms with E-state index in [1.54, 1.807) is 43.9 Å². The van der Waals surface area contributed by atoms with Gasteiger partial charge in [-0.3, -0.25) is 9.59 Å². The Labute approximate surface area is 122 Å². The number of ether oxygens (including phenoxy) is 1. The van der Waals surface area contributed by atoms with Crippen molar-refractivity contribution in [3.63, 3.8) is 0 Å². The standard InChI is InChI=1S/C15H16N2O4/c1-20-13-4-2-12(3-5-13)17-15(19)14(18)16-8-6-11-7-9-21-10-11/h2-5,7,9-10H,6,8H2,1H3,(H,16,18)(H,17,19). The summed E-state index contributed by atoms with van der Waals surface area (Å²) in [5, 5.41) is 5.06. The SMILES string of the molecule is COc1ccc(NC(=O)C(=O)NCCc2ccoc2)cc1. The average molecular weight is 288 g/mol. The van der Waals surface area contributed by atoms with E-state index in [-0.39, 0.29) is 0 Å². The zero-order valence-corrected chi connectivity index (χ0v) is 11.6. The minimum absolute atomic E-state index is 0.369. The fourth-order valence-corrected chi connectivity index (χ4v) is 1.70. The van der Waals surface area contributed by atoms with Gasteiger partial charge in [-0.25, -0.2) is 0 Å². The Kier molecular flexibility index (Phi) is 4.98. The van der Waals surface area contributed by atoms with Gasteiger partial charge in [0.05, 0.1) is 19.6 Å². The predicted octanol–water partition coefficient (Wildman–Crippen LogP) is 1.59. The van der Waals surface area contributed by atoms with Gasteiger partial charge in [-0.15, -0.1) is 0 Å². The van der Waals surface area contributed by atoms with Crippen LogP contribution in [-0.4, -0.2) is 25.5 Å². The molecule has 0 unspecified atom stereocenters. The number of methoxy groups -OCH3 is 1. The highest BCUT2D eigenvalue weighted by Gasteiger charge is 2.13. The Bertz CT molecular complexity index is 591. The molecule has 0 aliphatic carbocycles. The number of carbonyl (C=O) groups is 2. The van der Waals surface area contributed by atoms with Crippen LogP contribution >= 0.6 is 0 Å². The highest BCUT2D eigenvalue weighted by atomic mass is 16.5. The van der Waals surface area contributed by atoms with Crippen LogP contribution in [0.2, 0.25) is 0 Å². The fourth-order valence-electron chi connectivity index (χ4n) is 1.70. The number of benzene rings is 1. The summed E-state index contributed by atoms with van der Waals surface area (Å²) in [7, 11) is 1.56. The summed E-state index contributed by atoms with van der Waals surface area (Å²) in [4.78, 5) is 23.3. The Morgan fingerprint density at radius 2 is 1.90 bits per heavy atom. The van der Waals surface area contributed by atoms with Gasteiger partial charge in [-0.2, -0.15) is 0 Å². The minimum atomic E-state index is -0.702. The summed E-state index contributed by atoms with van der Waals surface area (Å²) in [6.07, 6.45) is 3.77. The molecule has 110 valence electrons. The van der Waals surface area contributed by atoms with E-state index >= 15 is 0 Å². The monoisotopic (exact) mass is 288 g/mol. The molecule has 1 heterocycles. The highest BCUT2D eigenvalue weighted by molar-refractivity contribution is 6.39. The van der Waals surface area contributed by atoms with Crippen LogP contribution < -0.4 is 15.4 Å². The summed E-state index contributed by atoms with van der Waals surface area (Å²) >= 11 is 0. The molecular formula is C15H16N2O4. The molecule has 2 aromatic rings. The molecule has 6 heteroatoms. The summed E-state index contributed by atoms with van der Waals surface area (Å²) in [5.41, 5.74) is 1.50. The third kappa shape index (κ3) is 4.38. The van der Waals surface area contributed by atoms with Gasteiger partial charge in [0.2, 0.25) is 0 Å². The fraction of sp³-hybridized carbons (Fsp3) is 0.200. The van der Waals surface area contributed by atoms with Gasteiger partial charge in [-0.1, -0.05) is 0 Å². The number of amides is 2. The maximum Gasteiger partial charge on any atom is 0.313 e. The molecule has 0 atom stereocenters. The molecule has 0 aliphatic heterocycles. The maximum absolute atomic E-state index is 11.7. The molecule has 0 saturated carbocycles. The Morgan fingerprint density at radius 3 is 2.52 bits per heavy atom. The van der Waals surface area contributed by atoms with Crippen LogP contribution in [0.15, 0.2) is 47.3 Å². The molecule has 0 fully saturated rings. The topological polar surface area (TPSA) is 80.6 Å². The van der Waals surface area contributed by atoms with Crippen molar-refractivity contribution in [2.45, 2.75) is 6.42 Å². The number of hydrogen-bond donors (Lipinski definition) is 2. The quantitative estimate of drug-likeness (QED) is 0.819. The summed E-state index contributed by atoms with van der Waals surface area (Å²) in [6, 6.07) is 8.54. The average Bonchev–Trinajstić information content (AvgIpc) is 3.01. The number of furan rings is 1. The molecule has 0 saturated heterocycles. The van der Waals surface area contributed by atoms with Gasteiger partial charge in [0.15, 0.2) is 0 Å². The molecule has 0 aliphatic rings. The van der Waals surface area contributed by atoms with Crippen molar-refractivity contribution in [1.82, 2.24) is 5.32 Å². The molecule has 6 nitrogen and oxygen atoms in total. The molecular weight excluding hydrogens is 272 g/mol. The van der Waals surface area contributed by atoms with Crippen molar-refractivity contribution >= 4 is 17.5 Å². The van der Waals surface area contributed by atoms with Crippen LogP contribution in [0.3, 0.4) is 0 Å². The van der Waals surface area contributed by atoms with Crippen LogP contribution in [-0.2, 0) is 16.0 Å². The first-order chi connectivity index (χ1) is 10.2. The number of carbonyl (C=O) groups excluding carboxylic acids is 2. The lowest BCUT2D eigenvalue weighted by atomic mass is 10.2. The number of nitrogens with one attached hydrogen (secondary N) is 2. The van der Waals surface area contributed by atoms with E-state index in [4.69, 9.17) is 9.15 Å². The van der Waals surface area contributed by atoms with E-state index in [2.05, 4.69) is 10.6 Å². The van der Waals surface area contributed by atoms with Crippen LogP contribution in [0.25, 0.3) is 0 Å². The molecule has 2 amide bonds. The highest BCUT2D eigenvalue weighted by Crippen LogP contribution is 2.14. The van der Waals surface area contributed by atoms with Gasteiger partial charge in [0, 0.05) is 12.2 Å². The normalized spacial score (nSPS) is 9.95. The molecule has 1 aromatic carbocycles. The van der Waals surface area contributed by atoms with Crippen molar-refractivity contribution in [1.29, 1.82) is 0 Å². The lowest BCUT2D eigenvalue weighted by molar-refractivity contribution is -0.136. The van der Waals surface area contributed by atoms with Crippen molar-refractivity contribution in [2.24, 2.45) is 0 Å². The van der Waals surface area contributed by atoms with Crippen molar-refractivity contribution < 1.29 is 18.7 Å². The van der Waals surface area contributed by atoms with Gasteiger partial charge in [-0.05, 0) is 42.3 Å². The molecule has 2 N–H and O–H groups in total.